The molecule has 0 N–H and O–H groups in total. The summed E-state index contributed by atoms with van der Waals surface area (Å²) < 4.78 is 36.2. The van der Waals surface area contributed by atoms with E-state index in [4.69, 9.17) is 9.47 Å². The third-order valence-corrected chi connectivity index (χ3v) is 4.98. The van der Waals surface area contributed by atoms with Crippen LogP contribution in [-0.4, -0.2) is 57.4 Å². The van der Waals surface area contributed by atoms with Crippen molar-refractivity contribution in [2.24, 2.45) is 0 Å². The van der Waals surface area contributed by atoms with E-state index in [0.717, 1.165) is 0 Å². The van der Waals surface area contributed by atoms with Crippen LogP contribution in [-0.2, 0) is 24.3 Å². The third-order valence-electron chi connectivity index (χ3n) is 3.08. The number of esters is 1. The van der Waals surface area contributed by atoms with Crippen LogP contribution in [0.1, 0.15) is 17.3 Å². The highest BCUT2D eigenvalue weighted by atomic mass is 32.2. The lowest BCUT2D eigenvalue weighted by Gasteiger charge is -2.26. The van der Waals surface area contributed by atoms with Gasteiger partial charge in [0.2, 0.25) is 10.0 Å². The Bertz CT molecular complexity index is 664. The van der Waals surface area contributed by atoms with Crippen molar-refractivity contribution in [1.29, 1.82) is 0 Å². The monoisotopic (exact) mass is 327 g/mol. The average molecular weight is 327 g/mol. The van der Waals surface area contributed by atoms with Crippen LogP contribution in [0.25, 0.3) is 0 Å². The van der Waals surface area contributed by atoms with Gasteiger partial charge in [0, 0.05) is 13.1 Å². The highest BCUT2D eigenvalue weighted by molar-refractivity contribution is 7.89. The number of benzene rings is 1. The van der Waals surface area contributed by atoms with Crippen LogP contribution in [0.4, 0.5) is 0 Å². The summed E-state index contributed by atoms with van der Waals surface area (Å²) in [7, 11) is -3.67. The molecule has 0 unspecified atom stereocenters. The van der Waals surface area contributed by atoms with Crippen molar-refractivity contribution in [2.75, 3.05) is 32.9 Å². The number of Topliss-reactive ketones (excluding diaryl/α,β-unsaturated/α-hetero) is 1. The van der Waals surface area contributed by atoms with Crippen molar-refractivity contribution >= 4 is 21.8 Å². The van der Waals surface area contributed by atoms with E-state index < -0.39 is 16.0 Å². The molecule has 1 aromatic rings. The maximum Gasteiger partial charge on any atom is 0.338 e. The van der Waals surface area contributed by atoms with Crippen LogP contribution < -0.4 is 0 Å². The number of carbonyl (C=O) groups is 2. The quantitative estimate of drug-likeness (QED) is 0.730. The van der Waals surface area contributed by atoms with Gasteiger partial charge in [0.05, 0.1) is 23.7 Å². The number of hydrogen-bond acceptors (Lipinski definition) is 6. The second-order valence-corrected chi connectivity index (χ2v) is 6.76. The molecule has 0 bridgehead atoms. The Morgan fingerprint density at radius 1 is 1.27 bits per heavy atom. The van der Waals surface area contributed by atoms with Gasteiger partial charge in [-0.1, -0.05) is 6.07 Å². The first-order chi connectivity index (χ1) is 10.4. The van der Waals surface area contributed by atoms with Crippen molar-refractivity contribution in [3.05, 3.63) is 29.8 Å². The molecule has 1 aromatic carbocycles. The summed E-state index contributed by atoms with van der Waals surface area (Å²) in [5.41, 5.74) is 0.0931. The zero-order valence-corrected chi connectivity index (χ0v) is 13.0. The molecule has 1 aliphatic rings. The summed E-state index contributed by atoms with van der Waals surface area (Å²) >= 11 is 0. The summed E-state index contributed by atoms with van der Waals surface area (Å²) in [6.07, 6.45) is 0. The van der Waals surface area contributed by atoms with Crippen molar-refractivity contribution in [2.45, 2.75) is 11.8 Å². The molecule has 1 heterocycles. The van der Waals surface area contributed by atoms with Gasteiger partial charge in [0.15, 0.2) is 5.78 Å². The van der Waals surface area contributed by atoms with E-state index in [2.05, 4.69) is 0 Å². The summed E-state index contributed by atoms with van der Waals surface area (Å²) in [5.74, 6) is -1.01. The normalized spacial score (nSPS) is 16.2. The minimum atomic E-state index is -3.67. The Hall–Kier alpha value is -1.77. The topological polar surface area (TPSA) is 90.0 Å². The molecule has 0 saturated carbocycles. The number of morpholine rings is 1. The van der Waals surface area contributed by atoms with Crippen molar-refractivity contribution in [1.82, 2.24) is 4.31 Å². The van der Waals surface area contributed by atoms with Crippen LogP contribution >= 0.6 is 0 Å². The molecule has 2 rings (SSSR count). The Labute approximate surface area is 128 Å². The Morgan fingerprint density at radius 2 is 1.95 bits per heavy atom. The zero-order valence-electron chi connectivity index (χ0n) is 12.1. The van der Waals surface area contributed by atoms with Gasteiger partial charge in [-0.2, -0.15) is 4.31 Å². The second kappa shape index (κ2) is 6.99. The van der Waals surface area contributed by atoms with Crippen LogP contribution in [0.3, 0.4) is 0 Å². The van der Waals surface area contributed by atoms with E-state index in [-0.39, 0.29) is 35.9 Å². The van der Waals surface area contributed by atoms with Crippen LogP contribution in [0.5, 0.6) is 0 Å². The molecule has 0 atom stereocenters. The van der Waals surface area contributed by atoms with E-state index >= 15 is 0 Å². The lowest BCUT2D eigenvalue weighted by Crippen LogP contribution is -2.40. The number of sulfonamides is 1. The van der Waals surface area contributed by atoms with Gasteiger partial charge in [-0.25, -0.2) is 13.2 Å². The third kappa shape index (κ3) is 3.90. The first-order valence-electron chi connectivity index (χ1n) is 6.76. The molecule has 8 heteroatoms. The van der Waals surface area contributed by atoms with Gasteiger partial charge in [-0.15, -0.1) is 0 Å². The Balaban J connectivity index is 2.20. The lowest BCUT2D eigenvalue weighted by molar-refractivity contribution is -0.120. The molecule has 22 heavy (non-hydrogen) atoms. The molecule has 1 saturated heterocycles. The molecular weight excluding hydrogens is 310 g/mol. The van der Waals surface area contributed by atoms with Gasteiger partial charge in [-0.05, 0) is 25.1 Å². The first-order valence-corrected chi connectivity index (χ1v) is 8.20. The number of rotatable bonds is 5. The van der Waals surface area contributed by atoms with Crippen LogP contribution in [0.2, 0.25) is 0 Å². The number of hydrogen-bond donors (Lipinski definition) is 0. The molecule has 0 spiro atoms. The molecule has 0 aromatic heterocycles. The Kier molecular flexibility index (Phi) is 5.28. The van der Waals surface area contributed by atoms with Gasteiger partial charge in [-0.3, -0.25) is 4.79 Å². The van der Waals surface area contributed by atoms with E-state index in [1.165, 1.54) is 35.5 Å². The molecule has 1 fully saturated rings. The number of ketones is 1. The highest BCUT2D eigenvalue weighted by Gasteiger charge is 2.27. The number of ether oxygens (including phenoxy) is 2. The molecular formula is C14H17NO6S. The molecule has 0 radical (unpaired) electrons. The van der Waals surface area contributed by atoms with Crippen molar-refractivity contribution in [3.8, 4) is 0 Å². The predicted octanol–water partition coefficient (Wildman–Crippen LogP) is 0.453. The smallest absolute Gasteiger partial charge is 0.338 e. The van der Waals surface area contributed by atoms with Crippen molar-refractivity contribution in [3.63, 3.8) is 0 Å². The van der Waals surface area contributed by atoms with Gasteiger partial charge in [0.1, 0.15) is 6.61 Å². The van der Waals surface area contributed by atoms with Gasteiger partial charge < -0.3 is 9.47 Å². The fourth-order valence-electron chi connectivity index (χ4n) is 1.97. The fraction of sp³-hybridized carbons (Fsp3) is 0.429. The number of nitrogens with zero attached hydrogens (tertiary/aromatic N) is 1. The van der Waals surface area contributed by atoms with Crippen LogP contribution in [0, 0.1) is 0 Å². The van der Waals surface area contributed by atoms with E-state index in [1.807, 2.05) is 0 Å². The molecule has 0 amide bonds. The van der Waals surface area contributed by atoms with E-state index in [9.17, 15) is 18.0 Å². The maximum absolute atomic E-state index is 12.5. The lowest BCUT2D eigenvalue weighted by atomic mass is 10.2. The average Bonchev–Trinajstić information content (AvgIpc) is 2.53. The van der Waals surface area contributed by atoms with Crippen molar-refractivity contribution < 1.29 is 27.5 Å². The summed E-state index contributed by atoms with van der Waals surface area (Å²) in [6, 6.07) is 5.60. The largest absolute Gasteiger partial charge is 0.454 e. The minimum absolute atomic E-state index is 0.0201. The SMILES string of the molecule is CC(=O)COC(=O)c1cccc(S(=O)(=O)N2CCOCC2)c1. The Morgan fingerprint density at radius 3 is 2.59 bits per heavy atom. The van der Waals surface area contributed by atoms with Crippen LogP contribution in [0.15, 0.2) is 29.2 Å². The standard InChI is InChI=1S/C14H17NO6S/c1-11(16)10-21-14(17)12-3-2-4-13(9-12)22(18,19)15-5-7-20-8-6-15/h2-4,9H,5-8,10H2,1H3. The second-order valence-electron chi connectivity index (χ2n) is 4.82. The zero-order chi connectivity index (χ0) is 16.2. The summed E-state index contributed by atoms with van der Waals surface area (Å²) in [5, 5.41) is 0. The van der Waals surface area contributed by atoms with Gasteiger partial charge in [0.25, 0.3) is 0 Å². The summed E-state index contributed by atoms with van der Waals surface area (Å²) in [6.45, 7) is 2.22. The fourth-order valence-corrected chi connectivity index (χ4v) is 3.42. The molecule has 7 nitrogen and oxygen atoms in total. The molecule has 0 aliphatic carbocycles. The number of carbonyl (C=O) groups excluding carboxylic acids is 2. The summed E-state index contributed by atoms with van der Waals surface area (Å²) in [4.78, 5) is 22.6. The van der Waals surface area contributed by atoms with E-state index in [1.54, 1.807) is 0 Å². The van der Waals surface area contributed by atoms with E-state index in [0.29, 0.717) is 13.2 Å². The highest BCUT2D eigenvalue weighted by Crippen LogP contribution is 2.18. The first kappa shape index (κ1) is 16.6. The maximum atomic E-state index is 12.5. The molecule has 120 valence electrons. The predicted molar refractivity (Wildman–Crippen MR) is 77.0 cm³/mol. The minimum Gasteiger partial charge on any atom is -0.454 e. The molecule has 1 aliphatic heterocycles. The van der Waals surface area contributed by atoms with Gasteiger partial charge >= 0.3 is 5.97 Å².